The molecule has 0 rings (SSSR count). The van der Waals surface area contributed by atoms with Gasteiger partial charge in [-0.05, 0) is 24.2 Å². The van der Waals surface area contributed by atoms with Crippen LogP contribution in [0.5, 0.6) is 0 Å². The summed E-state index contributed by atoms with van der Waals surface area (Å²) in [5, 5.41) is 3.53. The molecule has 0 atom stereocenters. The fraction of sp³-hybridized carbons (Fsp3) is 1.00. The molecular weight excluding hydrogens is 669 g/mol. The van der Waals surface area contributed by atoms with Crippen LogP contribution in [-0.4, -0.2) is 37.7 Å². The smallest absolute Gasteiger partial charge is 0.340 e. The summed E-state index contributed by atoms with van der Waals surface area (Å²) in [5.41, 5.74) is 0. The maximum atomic E-state index is 6.02. The monoisotopic (exact) mass is 681 g/mol. The molecule has 0 saturated carbocycles. The molecule has 19 heteroatoms. The molecule has 0 radical (unpaired) electrons. The summed E-state index contributed by atoms with van der Waals surface area (Å²) in [5.74, 6) is 0. The molecule has 0 aromatic rings. The number of hydrogen-bond donors (Lipinski definition) is 1. The van der Waals surface area contributed by atoms with Crippen molar-refractivity contribution in [3.8, 4) is 0 Å². The zero-order valence-corrected chi connectivity index (χ0v) is 26.9. The van der Waals surface area contributed by atoms with Gasteiger partial charge in [0.15, 0.2) is 0 Å². The van der Waals surface area contributed by atoms with Crippen molar-refractivity contribution < 1.29 is 0 Å². The van der Waals surface area contributed by atoms with Crippen molar-refractivity contribution in [3.63, 3.8) is 0 Å². The summed E-state index contributed by atoms with van der Waals surface area (Å²) in [4.78, 5) is 0. The van der Waals surface area contributed by atoms with Crippen LogP contribution in [0.3, 0.4) is 0 Å². The molecule has 160 valence electrons. The van der Waals surface area contributed by atoms with Gasteiger partial charge < -0.3 is 5.14 Å². The fourth-order valence-electron chi connectivity index (χ4n) is 2.31. The number of rotatable bonds is 14. The number of nitrogens with one attached hydrogen (secondary N) is 1. The first kappa shape index (κ1) is 31.4. The summed E-state index contributed by atoms with van der Waals surface area (Å²) >= 11 is 72.3. The summed E-state index contributed by atoms with van der Waals surface area (Å²) in [6.45, 7) is -0.00864. The highest BCUT2D eigenvalue weighted by atomic mass is 35.9. The molecule has 0 amide bonds. The Morgan fingerprint density at radius 2 is 0.593 bits per heavy atom. The lowest BCUT2D eigenvalue weighted by Gasteiger charge is -2.24. The van der Waals surface area contributed by atoms with Gasteiger partial charge in [0.2, 0.25) is 13.7 Å². The van der Waals surface area contributed by atoms with Crippen LogP contribution < -0.4 is 5.14 Å². The first-order valence-electron chi connectivity index (χ1n) is 7.89. The van der Waals surface area contributed by atoms with Crippen LogP contribution in [0, 0.1) is 0 Å². The van der Waals surface area contributed by atoms with E-state index in [9.17, 15) is 0 Å². The molecule has 0 aromatic heterocycles. The van der Waals surface area contributed by atoms with E-state index in [0.717, 1.165) is 0 Å². The molecular formula is C8H17B2Cl12NSi4. The lowest BCUT2D eigenvalue weighted by Crippen LogP contribution is -2.46. The van der Waals surface area contributed by atoms with Crippen molar-refractivity contribution in [2.75, 3.05) is 0 Å². The van der Waals surface area contributed by atoms with Gasteiger partial charge >= 0.3 is 24.0 Å². The molecule has 0 aliphatic heterocycles. The Bertz CT molecular complexity index is 352. The molecule has 0 fully saturated rings. The molecule has 0 unspecified atom stereocenters. The number of hydrogen-bond acceptors (Lipinski definition) is 1. The van der Waals surface area contributed by atoms with Crippen LogP contribution in [0.15, 0.2) is 0 Å². The van der Waals surface area contributed by atoms with Crippen molar-refractivity contribution in [3.05, 3.63) is 0 Å². The Morgan fingerprint density at radius 3 is 0.741 bits per heavy atom. The van der Waals surface area contributed by atoms with E-state index in [-0.39, 0.29) is 13.7 Å². The topological polar surface area (TPSA) is 12.0 Å². The van der Waals surface area contributed by atoms with Gasteiger partial charge in [-0.3, -0.25) is 0 Å². The van der Waals surface area contributed by atoms with Gasteiger partial charge in [-0.15, -0.1) is 133 Å². The minimum absolute atomic E-state index is 0.00432. The van der Waals surface area contributed by atoms with E-state index in [1.165, 1.54) is 0 Å². The van der Waals surface area contributed by atoms with E-state index >= 15 is 0 Å². The Hall–Kier alpha value is 4.44. The van der Waals surface area contributed by atoms with E-state index in [1.807, 2.05) is 0 Å². The SMILES string of the molecule is Cl[Si](Cl)(Cl)CCB(CC[Si](Cl)(Cl)Cl)NB(CC[Si](Cl)(Cl)Cl)CC[Si](Cl)(Cl)Cl. The van der Waals surface area contributed by atoms with Crippen LogP contribution in [0.4, 0.5) is 0 Å². The summed E-state index contributed by atoms with van der Waals surface area (Å²) in [6, 6.07) is -9.11. The number of halogens is 12. The Morgan fingerprint density at radius 1 is 0.407 bits per heavy atom. The lowest BCUT2D eigenvalue weighted by molar-refractivity contribution is 1.16. The summed E-state index contributed by atoms with van der Waals surface area (Å²) in [6.07, 6.45) is 2.57. The van der Waals surface area contributed by atoms with Crippen LogP contribution in [-0.2, 0) is 0 Å². The minimum atomic E-state index is -2.77. The van der Waals surface area contributed by atoms with Gasteiger partial charge in [0.05, 0.1) is 0 Å². The van der Waals surface area contributed by atoms with E-state index in [1.54, 1.807) is 0 Å². The van der Waals surface area contributed by atoms with Gasteiger partial charge in [0, 0.05) is 0 Å². The molecule has 27 heavy (non-hydrogen) atoms. The van der Waals surface area contributed by atoms with E-state index in [2.05, 4.69) is 5.14 Å². The average molecular weight is 687 g/mol. The van der Waals surface area contributed by atoms with Gasteiger partial charge in [-0.25, -0.2) is 0 Å². The lowest BCUT2D eigenvalue weighted by atomic mass is 9.45. The molecule has 0 aliphatic carbocycles. The summed E-state index contributed by atoms with van der Waals surface area (Å²) in [7, 11) is 0. The second-order valence-corrected chi connectivity index (χ2v) is 43.3. The van der Waals surface area contributed by atoms with E-state index < -0.39 is 24.0 Å². The van der Waals surface area contributed by atoms with Gasteiger partial charge in [-0.1, -0.05) is 25.3 Å². The third kappa shape index (κ3) is 23.4. The molecule has 0 aromatic carbocycles. The first-order chi connectivity index (χ1) is 11.9. The Labute approximate surface area is 222 Å². The normalized spacial score (nSPS) is 13.8. The van der Waals surface area contributed by atoms with E-state index in [4.69, 9.17) is 133 Å². The Balaban J connectivity index is 5.03. The highest BCUT2D eigenvalue weighted by Gasteiger charge is 2.35. The molecule has 0 heterocycles. The van der Waals surface area contributed by atoms with Crippen LogP contribution in [0.2, 0.25) is 49.5 Å². The maximum absolute atomic E-state index is 6.02. The van der Waals surface area contributed by atoms with Crippen molar-refractivity contribution in [2.45, 2.75) is 49.5 Å². The third-order valence-corrected chi connectivity index (χ3v) is 13.8. The molecule has 0 spiro atoms. The second kappa shape index (κ2) is 14.0. The largest absolute Gasteiger partial charge is 0.398 e. The van der Waals surface area contributed by atoms with Gasteiger partial charge in [0.25, 0.3) is 0 Å². The Kier molecular flexibility index (Phi) is 16.3. The molecule has 0 bridgehead atoms. The average Bonchev–Trinajstić information content (AvgIpc) is 2.40. The predicted octanol–water partition coefficient (Wildman–Crippen LogP) is 9.18. The van der Waals surface area contributed by atoms with Gasteiger partial charge in [-0.2, -0.15) is 0 Å². The quantitative estimate of drug-likeness (QED) is 0.142. The van der Waals surface area contributed by atoms with Crippen molar-refractivity contribution >= 4 is 171 Å². The fourth-order valence-corrected chi connectivity index (χ4v) is 8.94. The van der Waals surface area contributed by atoms with Crippen molar-refractivity contribution in [2.24, 2.45) is 0 Å². The zero-order valence-electron chi connectivity index (χ0n) is 13.8. The van der Waals surface area contributed by atoms with Gasteiger partial charge in [0.1, 0.15) is 0 Å². The highest BCUT2D eigenvalue weighted by molar-refractivity contribution is 7.66. The van der Waals surface area contributed by atoms with Crippen molar-refractivity contribution in [1.82, 2.24) is 5.14 Å². The third-order valence-electron chi connectivity index (χ3n) is 3.58. The summed E-state index contributed by atoms with van der Waals surface area (Å²) < 4.78 is 0. The second-order valence-electron chi connectivity index (χ2n) is 6.18. The molecule has 0 saturated heterocycles. The molecule has 1 N–H and O–H groups in total. The minimum Gasteiger partial charge on any atom is -0.398 e. The molecule has 0 aliphatic rings. The van der Waals surface area contributed by atoms with Crippen LogP contribution >= 0.6 is 133 Å². The van der Waals surface area contributed by atoms with Crippen LogP contribution in [0.25, 0.3) is 0 Å². The van der Waals surface area contributed by atoms with Crippen LogP contribution in [0.1, 0.15) is 0 Å². The molecule has 1 nitrogen and oxygen atoms in total. The van der Waals surface area contributed by atoms with E-state index in [0.29, 0.717) is 49.5 Å². The first-order valence-corrected chi connectivity index (χ1v) is 28.9. The zero-order chi connectivity index (χ0) is 21.5. The maximum Gasteiger partial charge on any atom is 0.340 e. The standard InChI is InChI=1S/C8H17B2Cl12NSi4/c11-24(12,13)5-1-9(2-6-25(14,15)16)23-10(3-7-26(17,18)19)4-8-27(20,21)22/h23H,1-8H2. The predicted molar refractivity (Wildman–Crippen MR) is 146 cm³/mol. The van der Waals surface area contributed by atoms with Crippen molar-refractivity contribution in [1.29, 1.82) is 0 Å². The highest BCUT2D eigenvalue weighted by Crippen LogP contribution is 2.33.